The Labute approximate surface area is 120 Å². The number of carbonyl (C=O) groups excluding carboxylic acids is 1. The first-order chi connectivity index (χ1) is 9.67. The van der Waals surface area contributed by atoms with Crippen LogP contribution in [0.2, 0.25) is 0 Å². The molecule has 5 nitrogen and oxygen atoms in total. The number of aromatic nitrogens is 1. The van der Waals surface area contributed by atoms with Crippen LogP contribution in [0.4, 0.5) is 0 Å². The molecule has 2 rings (SSSR count). The van der Waals surface area contributed by atoms with Crippen LogP contribution in [-0.2, 0) is 4.79 Å². The van der Waals surface area contributed by atoms with E-state index in [1.807, 2.05) is 40.9 Å². The average Bonchev–Trinajstić information content (AvgIpc) is 3.02. The normalized spacial score (nSPS) is 19.9. The Morgan fingerprint density at radius 3 is 2.30 bits per heavy atom. The van der Waals surface area contributed by atoms with Crippen LogP contribution < -0.4 is 0 Å². The summed E-state index contributed by atoms with van der Waals surface area (Å²) in [6, 6.07) is 3.97. The van der Waals surface area contributed by atoms with Gasteiger partial charge in [-0.25, -0.2) is 0 Å². The fourth-order valence-electron chi connectivity index (χ4n) is 2.81. The van der Waals surface area contributed by atoms with Crippen molar-refractivity contribution in [2.75, 3.05) is 32.8 Å². The van der Waals surface area contributed by atoms with Crippen LogP contribution in [0, 0.1) is 0 Å². The number of rotatable bonds is 5. The van der Waals surface area contributed by atoms with Crippen molar-refractivity contribution >= 4 is 5.91 Å². The van der Waals surface area contributed by atoms with E-state index in [0.717, 1.165) is 32.6 Å². The Kier molecular flexibility index (Phi) is 5.20. The number of hydrogen-bond donors (Lipinski definition) is 1. The lowest BCUT2D eigenvalue weighted by Gasteiger charge is -2.39. The highest BCUT2D eigenvalue weighted by molar-refractivity contribution is 5.80. The predicted octanol–water partition coefficient (Wildman–Crippen LogP) is 0.964. The average molecular weight is 279 g/mol. The van der Waals surface area contributed by atoms with E-state index in [1.165, 1.54) is 0 Å². The van der Waals surface area contributed by atoms with E-state index in [2.05, 4.69) is 11.8 Å². The number of piperazine rings is 1. The molecule has 0 spiro atoms. The molecule has 1 aliphatic heterocycles. The number of aliphatic hydroxyl groups is 1. The van der Waals surface area contributed by atoms with Crippen molar-refractivity contribution in [1.82, 2.24) is 14.4 Å². The van der Waals surface area contributed by atoms with Crippen LogP contribution in [0.1, 0.15) is 26.3 Å². The quantitative estimate of drug-likeness (QED) is 0.873. The molecule has 2 heterocycles. The van der Waals surface area contributed by atoms with E-state index in [1.54, 1.807) is 0 Å². The van der Waals surface area contributed by atoms with Crippen molar-refractivity contribution in [1.29, 1.82) is 0 Å². The SMILES string of the molecule is CCC(CO)N1CCN(C(=O)C(C)n2cccc2)CC1. The van der Waals surface area contributed by atoms with Crippen molar-refractivity contribution in [3.8, 4) is 0 Å². The molecule has 0 bridgehead atoms. The molecule has 1 aromatic rings. The van der Waals surface area contributed by atoms with Crippen molar-refractivity contribution in [3.63, 3.8) is 0 Å². The summed E-state index contributed by atoms with van der Waals surface area (Å²) in [6.45, 7) is 7.43. The van der Waals surface area contributed by atoms with E-state index < -0.39 is 0 Å². The third kappa shape index (κ3) is 3.22. The monoisotopic (exact) mass is 279 g/mol. The second-order valence-electron chi connectivity index (χ2n) is 5.41. The van der Waals surface area contributed by atoms with Crippen LogP contribution in [0.25, 0.3) is 0 Å². The van der Waals surface area contributed by atoms with Gasteiger partial charge in [0.05, 0.1) is 6.61 Å². The lowest BCUT2D eigenvalue weighted by Crippen LogP contribution is -2.53. The zero-order valence-electron chi connectivity index (χ0n) is 12.4. The molecule has 1 saturated heterocycles. The van der Waals surface area contributed by atoms with E-state index in [0.29, 0.717) is 0 Å². The molecule has 0 radical (unpaired) electrons. The standard InChI is InChI=1S/C15H25N3O2/c1-3-14(12-19)17-8-10-18(11-9-17)15(20)13(2)16-6-4-5-7-16/h4-7,13-14,19H,3,8-12H2,1-2H3. The van der Waals surface area contributed by atoms with Gasteiger partial charge in [0.1, 0.15) is 6.04 Å². The molecule has 1 amide bonds. The Hall–Kier alpha value is -1.33. The summed E-state index contributed by atoms with van der Waals surface area (Å²) >= 11 is 0. The minimum atomic E-state index is -0.142. The van der Waals surface area contributed by atoms with Crippen molar-refractivity contribution in [3.05, 3.63) is 24.5 Å². The van der Waals surface area contributed by atoms with Crippen molar-refractivity contribution in [2.24, 2.45) is 0 Å². The van der Waals surface area contributed by atoms with E-state index in [-0.39, 0.29) is 24.6 Å². The van der Waals surface area contributed by atoms with Gasteiger partial charge in [0.15, 0.2) is 0 Å². The number of aliphatic hydroxyl groups excluding tert-OH is 1. The molecule has 1 fully saturated rings. The largest absolute Gasteiger partial charge is 0.395 e. The molecular formula is C15H25N3O2. The van der Waals surface area contributed by atoms with E-state index in [4.69, 9.17) is 0 Å². The Balaban J connectivity index is 1.89. The highest BCUT2D eigenvalue weighted by Gasteiger charge is 2.27. The summed E-state index contributed by atoms with van der Waals surface area (Å²) in [5.41, 5.74) is 0. The molecule has 5 heteroatoms. The number of hydrogen-bond acceptors (Lipinski definition) is 3. The molecule has 0 aromatic carbocycles. The van der Waals surface area contributed by atoms with Crippen molar-refractivity contribution < 1.29 is 9.90 Å². The predicted molar refractivity (Wildman–Crippen MR) is 78.5 cm³/mol. The molecule has 1 N–H and O–H groups in total. The third-order valence-electron chi connectivity index (χ3n) is 4.26. The minimum absolute atomic E-state index is 0.142. The maximum Gasteiger partial charge on any atom is 0.245 e. The van der Waals surface area contributed by atoms with E-state index in [9.17, 15) is 9.90 Å². The fourth-order valence-corrected chi connectivity index (χ4v) is 2.81. The summed E-state index contributed by atoms with van der Waals surface area (Å²) in [5.74, 6) is 0.179. The summed E-state index contributed by atoms with van der Waals surface area (Å²) < 4.78 is 1.94. The topological polar surface area (TPSA) is 48.7 Å². The molecule has 1 aromatic heterocycles. The molecule has 2 atom stereocenters. The maximum atomic E-state index is 12.4. The van der Waals surface area contributed by atoms with Crippen LogP contribution >= 0.6 is 0 Å². The highest BCUT2D eigenvalue weighted by atomic mass is 16.3. The first-order valence-electron chi connectivity index (χ1n) is 7.43. The van der Waals surface area contributed by atoms with Crippen LogP contribution in [0.15, 0.2) is 24.5 Å². The smallest absolute Gasteiger partial charge is 0.245 e. The first-order valence-corrected chi connectivity index (χ1v) is 7.43. The third-order valence-corrected chi connectivity index (χ3v) is 4.26. The molecule has 2 unspecified atom stereocenters. The molecule has 112 valence electrons. The number of amides is 1. The van der Waals surface area contributed by atoms with Gasteiger partial charge >= 0.3 is 0 Å². The van der Waals surface area contributed by atoms with E-state index >= 15 is 0 Å². The number of nitrogens with zero attached hydrogens (tertiary/aromatic N) is 3. The van der Waals surface area contributed by atoms with Gasteiger partial charge in [-0.15, -0.1) is 0 Å². The maximum absolute atomic E-state index is 12.4. The lowest BCUT2D eigenvalue weighted by molar-refractivity contribution is -0.136. The Bertz CT molecular complexity index is 407. The van der Waals surface area contributed by atoms with Gasteiger partial charge < -0.3 is 14.6 Å². The van der Waals surface area contributed by atoms with Gasteiger partial charge in [0.25, 0.3) is 0 Å². The van der Waals surface area contributed by atoms with Gasteiger partial charge in [0, 0.05) is 44.6 Å². The lowest BCUT2D eigenvalue weighted by atomic mass is 10.1. The van der Waals surface area contributed by atoms with Gasteiger partial charge in [-0.05, 0) is 25.5 Å². The van der Waals surface area contributed by atoms with Crippen LogP contribution in [0.5, 0.6) is 0 Å². The Morgan fingerprint density at radius 2 is 1.80 bits per heavy atom. The zero-order valence-corrected chi connectivity index (χ0v) is 12.4. The molecular weight excluding hydrogens is 254 g/mol. The summed E-state index contributed by atoms with van der Waals surface area (Å²) in [5, 5.41) is 9.34. The van der Waals surface area contributed by atoms with Crippen LogP contribution in [-0.4, -0.2) is 64.2 Å². The summed E-state index contributed by atoms with van der Waals surface area (Å²) in [4.78, 5) is 16.7. The molecule has 1 aliphatic rings. The summed E-state index contributed by atoms with van der Waals surface area (Å²) in [7, 11) is 0. The van der Waals surface area contributed by atoms with Crippen LogP contribution in [0.3, 0.4) is 0 Å². The minimum Gasteiger partial charge on any atom is -0.395 e. The summed E-state index contributed by atoms with van der Waals surface area (Å²) in [6.07, 6.45) is 4.81. The second kappa shape index (κ2) is 6.90. The molecule has 20 heavy (non-hydrogen) atoms. The fraction of sp³-hybridized carbons (Fsp3) is 0.667. The first kappa shape index (κ1) is 15.1. The molecule has 0 aliphatic carbocycles. The Morgan fingerprint density at radius 1 is 1.20 bits per heavy atom. The van der Waals surface area contributed by atoms with Gasteiger partial charge in [-0.2, -0.15) is 0 Å². The van der Waals surface area contributed by atoms with Gasteiger partial charge in [-0.1, -0.05) is 6.92 Å². The second-order valence-corrected chi connectivity index (χ2v) is 5.41. The molecule has 0 saturated carbocycles. The number of carbonyl (C=O) groups is 1. The van der Waals surface area contributed by atoms with Crippen molar-refractivity contribution in [2.45, 2.75) is 32.4 Å². The van der Waals surface area contributed by atoms with Gasteiger partial charge in [-0.3, -0.25) is 9.69 Å². The highest BCUT2D eigenvalue weighted by Crippen LogP contribution is 2.14. The zero-order chi connectivity index (χ0) is 14.5. The van der Waals surface area contributed by atoms with Gasteiger partial charge in [0.2, 0.25) is 5.91 Å².